The summed E-state index contributed by atoms with van der Waals surface area (Å²) < 4.78 is 24.7. The van der Waals surface area contributed by atoms with Crippen LogP contribution in [0.25, 0.3) is 0 Å². The Balaban J connectivity index is 3.03. The second-order valence-corrected chi connectivity index (χ2v) is 5.04. The molecular weight excluding hydrogens is 202 g/mol. The quantitative estimate of drug-likeness (QED) is 0.750. The normalized spacial score (nSPS) is 11.3. The van der Waals surface area contributed by atoms with Crippen LogP contribution in [0.5, 0.6) is 5.75 Å². The summed E-state index contributed by atoms with van der Waals surface area (Å²) in [4.78, 5) is 0. The molecule has 78 valence electrons. The third-order valence-electron chi connectivity index (χ3n) is 1.80. The van der Waals surface area contributed by atoms with Crippen LogP contribution < -0.4 is 4.72 Å². The summed E-state index contributed by atoms with van der Waals surface area (Å²) in [5.74, 6) is -0.0759. The van der Waals surface area contributed by atoms with E-state index in [0.717, 1.165) is 5.56 Å². The van der Waals surface area contributed by atoms with Gasteiger partial charge in [-0.2, -0.15) is 0 Å². The SMILES string of the molecule is CCS(=O)(=O)Nc1cc(C)ccc1O. The number of phenols is 1. The molecule has 0 bridgehead atoms. The number of nitrogens with one attached hydrogen (secondary N) is 1. The maximum Gasteiger partial charge on any atom is 0.232 e. The van der Waals surface area contributed by atoms with Crippen LogP contribution in [0.2, 0.25) is 0 Å². The molecule has 2 N–H and O–H groups in total. The first-order chi connectivity index (χ1) is 6.44. The van der Waals surface area contributed by atoms with E-state index in [-0.39, 0.29) is 17.2 Å². The van der Waals surface area contributed by atoms with Crippen LogP contribution in [-0.4, -0.2) is 19.3 Å². The Morgan fingerprint density at radius 3 is 2.64 bits per heavy atom. The van der Waals surface area contributed by atoms with Crippen molar-refractivity contribution < 1.29 is 13.5 Å². The second-order valence-electron chi connectivity index (χ2n) is 3.03. The molecule has 0 fully saturated rings. The maximum atomic E-state index is 11.2. The molecule has 1 rings (SSSR count). The van der Waals surface area contributed by atoms with Gasteiger partial charge in [-0.15, -0.1) is 0 Å². The second kappa shape index (κ2) is 3.88. The van der Waals surface area contributed by atoms with Gasteiger partial charge in [0.05, 0.1) is 11.4 Å². The molecule has 1 aromatic rings. The summed E-state index contributed by atoms with van der Waals surface area (Å²) in [5.41, 5.74) is 1.11. The van der Waals surface area contributed by atoms with Gasteiger partial charge in [0.15, 0.2) is 0 Å². The molecule has 0 radical (unpaired) electrons. The number of aryl methyl sites for hydroxylation is 1. The summed E-state index contributed by atoms with van der Waals surface area (Å²) in [7, 11) is -3.32. The minimum absolute atomic E-state index is 0.0135. The fraction of sp³-hybridized carbons (Fsp3) is 0.333. The molecule has 0 heterocycles. The van der Waals surface area contributed by atoms with Gasteiger partial charge in [0.2, 0.25) is 10.0 Å². The van der Waals surface area contributed by atoms with Crippen molar-refractivity contribution in [3.8, 4) is 5.75 Å². The standard InChI is InChI=1S/C9H13NO3S/c1-3-14(12,13)10-8-6-7(2)4-5-9(8)11/h4-6,10-11H,3H2,1-2H3. The highest BCUT2D eigenvalue weighted by atomic mass is 32.2. The van der Waals surface area contributed by atoms with E-state index in [1.807, 2.05) is 6.92 Å². The van der Waals surface area contributed by atoms with Crippen molar-refractivity contribution >= 4 is 15.7 Å². The molecule has 4 nitrogen and oxygen atoms in total. The van der Waals surface area contributed by atoms with E-state index in [0.29, 0.717) is 0 Å². The van der Waals surface area contributed by atoms with Crippen LogP contribution in [0.3, 0.4) is 0 Å². The minimum atomic E-state index is -3.32. The van der Waals surface area contributed by atoms with Gasteiger partial charge in [-0.3, -0.25) is 4.72 Å². The molecule has 0 spiro atoms. The third-order valence-corrected chi connectivity index (χ3v) is 3.09. The van der Waals surface area contributed by atoms with Gasteiger partial charge in [0.1, 0.15) is 5.75 Å². The van der Waals surface area contributed by atoms with Gasteiger partial charge >= 0.3 is 0 Å². The molecule has 0 aliphatic rings. The van der Waals surface area contributed by atoms with Gasteiger partial charge in [-0.1, -0.05) is 6.07 Å². The molecule has 0 aromatic heterocycles. The number of hydrogen-bond donors (Lipinski definition) is 2. The van der Waals surface area contributed by atoms with Crippen LogP contribution in [-0.2, 0) is 10.0 Å². The van der Waals surface area contributed by atoms with E-state index in [1.54, 1.807) is 12.1 Å². The van der Waals surface area contributed by atoms with E-state index < -0.39 is 10.0 Å². The lowest BCUT2D eigenvalue weighted by Crippen LogP contribution is -2.14. The van der Waals surface area contributed by atoms with Gasteiger partial charge in [-0.05, 0) is 31.5 Å². The number of hydrogen-bond acceptors (Lipinski definition) is 3. The Morgan fingerprint density at radius 1 is 1.43 bits per heavy atom. The lowest BCUT2D eigenvalue weighted by molar-refractivity contribution is 0.477. The van der Waals surface area contributed by atoms with Crippen molar-refractivity contribution in [1.29, 1.82) is 0 Å². The highest BCUT2D eigenvalue weighted by molar-refractivity contribution is 7.92. The topological polar surface area (TPSA) is 66.4 Å². The zero-order chi connectivity index (χ0) is 10.8. The van der Waals surface area contributed by atoms with Gasteiger partial charge in [0, 0.05) is 0 Å². The third kappa shape index (κ3) is 2.63. The van der Waals surface area contributed by atoms with Gasteiger partial charge < -0.3 is 5.11 Å². The Morgan fingerprint density at radius 2 is 2.07 bits per heavy atom. The average molecular weight is 215 g/mol. The predicted molar refractivity (Wildman–Crippen MR) is 55.9 cm³/mol. The Kier molecular flexibility index (Phi) is 3.00. The van der Waals surface area contributed by atoms with Crippen molar-refractivity contribution in [2.75, 3.05) is 10.5 Å². The first-order valence-electron chi connectivity index (χ1n) is 4.24. The smallest absolute Gasteiger partial charge is 0.232 e. The number of sulfonamides is 1. The molecule has 0 unspecified atom stereocenters. The van der Waals surface area contributed by atoms with E-state index >= 15 is 0 Å². The summed E-state index contributed by atoms with van der Waals surface area (Å²) in [6, 6.07) is 4.75. The molecule has 0 saturated carbocycles. The van der Waals surface area contributed by atoms with Crippen LogP contribution in [0, 0.1) is 6.92 Å². The number of anilines is 1. The molecule has 1 aromatic carbocycles. The van der Waals surface area contributed by atoms with Crippen LogP contribution in [0.1, 0.15) is 12.5 Å². The fourth-order valence-corrected chi connectivity index (χ4v) is 1.61. The van der Waals surface area contributed by atoms with E-state index in [9.17, 15) is 13.5 Å². The molecule has 5 heteroatoms. The maximum absolute atomic E-state index is 11.2. The number of rotatable bonds is 3. The van der Waals surface area contributed by atoms with E-state index in [2.05, 4.69) is 4.72 Å². The Labute approximate surface area is 83.6 Å². The predicted octanol–water partition coefficient (Wildman–Crippen LogP) is 1.46. The lowest BCUT2D eigenvalue weighted by Gasteiger charge is -2.08. The summed E-state index contributed by atoms with van der Waals surface area (Å²) >= 11 is 0. The largest absolute Gasteiger partial charge is 0.506 e. The highest BCUT2D eigenvalue weighted by Gasteiger charge is 2.09. The van der Waals surface area contributed by atoms with Crippen LogP contribution in [0.4, 0.5) is 5.69 Å². The van der Waals surface area contributed by atoms with Crippen LogP contribution >= 0.6 is 0 Å². The molecule has 0 atom stereocenters. The van der Waals surface area contributed by atoms with Crippen molar-refractivity contribution in [1.82, 2.24) is 0 Å². The van der Waals surface area contributed by atoms with E-state index in [4.69, 9.17) is 0 Å². The molecule has 0 amide bonds. The Hall–Kier alpha value is -1.23. The fourth-order valence-electron chi connectivity index (χ4n) is 0.971. The monoisotopic (exact) mass is 215 g/mol. The number of aromatic hydroxyl groups is 1. The first kappa shape index (κ1) is 10.8. The molecule has 0 aliphatic heterocycles. The zero-order valence-corrected chi connectivity index (χ0v) is 8.93. The summed E-state index contributed by atoms with van der Waals surface area (Å²) in [6.07, 6.45) is 0. The first-order valence-corrected chi connectivity index (χ1v) is 5.90. The Bertz CT molecular complexity index is 426. The van der Waals surface area contributed by atoms with Crippen molar-refractivity contribution in [2.24, 2.45) is 0 Å². The zero-order valence-electron chi connectivity index (χ0n) is 8.11. The van der Waals surface area contributed by atoms with Crippen molar-refractivity contribution in [3.05, 3.63) is 23.8 Å². The average Bonchev–Trinajstić information content (AvgIpc) is 2.11. The molecular formula is C9H13NO3S. The van der Waals surface area contributed by atoms with Crippen molar-refractivity contribution in [3.63, 3.8) is 0 Å². The van der Waals surface area contributed by atoms with E-state index in [1.165, 1.54) is 13.0 Å². The van der Waals surface area contributed by atoms with Gasteiger partial charge in [0.25, 0.3) is 0 Å². The van der Waals surface area contributed by atoms with Crippen molar-refractivity contribution in [2.45, 2.75) is 13.8 Å². The summed E-state index contributed by atoms with van der Waals surface area (Å²) in [5, 5.41) is 9.37. The number of benzene rings is 1. The highest BCUT2D eigenvalue weighted by Crippen LogP contribution is 2.24. The molecule has 0 aliphatic carbocycles. The number of phenolic OH excluding ortho intramolecular Hbond substituents is 1. The summed E-state index contributed by atoms with van der Waals surface area (Å²) in [6.45, 7) is 3.36. The molecule has 14 heavy (non-hydrogen) atoms. The lowest BCUT2D eigenvalue weighted by atomic mass is 10.2. The van der Waals surface area contributed by atoms with Gasteiger partial charge in [-0.25, -0.2) is 8.42 Å². The van der Waals surface area contributed by atoms with Crippen LogP contribution in [0.15, 0.2) is 18.2 Å². The minimum Gasteiger partial charge on any atom is -0.506 e. The molecule has 0 saturated heterocycles.